The Morgan fingerprint density at radius 2 is 1.93 bits per heavy atom. The third-order valence-electron chi connectivity index (χ3n) is 7.20. The van der Waals surface area contributed by atoms with Gasteiger partial charge in [0.2, 0.25) is 15.9 Å². The van der Waals surface area contributed by atoms with Gasteiger partial charge in [-0.2, -0.15) is 0 Å². The van der Waals surface area contributed by atoms with Crippen LogP contribution >= 0.6 is 11.6 Å². The highest BCUT2D eigenvalue weighted by Crippen LogP contribution is 2.28. The molecule has 3 aromatic rings. The normalized spacial score (nSPS) is 17.1. The minimum atomic E-state index is -3.36. The summed E-state index contributed by atoms with van der Waals surface area (Å²) in [5.41, 5.74) is 6.42. The number of primary amides is 1. The van der Waals surface area contributed by atoms with Crippen LogP contribution in [0, 0.1) is 5.82 Å². The number of ether oxygens (including phenoxy) is 1. The van der Waals surface area contributed by atoms with Crippen molar-refractivity contribution in [2.24, 2.45) is 5.73 Å². The number of likely N-dealkylation sites (tertiary alicyclic amines) is 1. The van der Waals surface area contributed by atoms with Gasteiger partial charge in [-0.3, -0.25) is 14.4 Å². The number of anilines is 2. The first kappa shape index (κ1) is 33.0. The Hall–Kier alpha value is -3.94. The minimum absolute atomic E-state index is 0.0388. The van der Waals surface area contributed by atoms with E-state index in [-0.39, 0.29) is 28.4 Å². The van der Waals surface area contributed by atoms with Crippen molar-refractivity contribution in [3.63, 3.8) is 0 Å². The summed E-state index contributed by atoms with van der Waals surface area (Å²) in [7, 11) is -3.36. The number of nitrogens with zero attached hydrogens (tertiary/aromatic N) is 2. The van der Waals surface area contributed by atoms with Crippen molar-refractivity contribution >= 4 is 44.9 Å². The van der Waals surface area contributed by atoms with Gasteiger partial charge in [0.25, 0.3) is 5.91 Å². The Labute approximate surface area is 261 Å². The summed E-state index contributed by atoms with van der Waals surface area (Å²) in [5, 5.41) is 5.55. The first-order chi connectivity index (χ1) is 20.9. The van der Waals surface area contributed by atoms with Crippen LogP contribution in [0.5, 0.6) is 11.6 Å². The van der Waals surface area contributed by atoms with Crippen molar-refractivity contribution in [1.29, 1.82) is 0 Å². The second-order valence-corrected chi connectivity index (χ2v) is 12.9. The fourth-order valence-electron chi connectivity index (χ4n) is 5.08. The number of rotatable bonds is 12. The van der Waals surface area contributed by atoms with Crippen LogP contribution in [0.3, 0.4) is 0 Å². The van der Waals surface area contributed by atoms with E-state index in [0.29, 0.717) is 23.9 Å². The molecule has 0 radical (unpaired) electrons. The van der Waals surface area contributed by atoms with Crippen LogP contribution in [0.1, 0.15) is 54.9 Å². The molecule has 2 unspecified atom stereocenters. The van der Waals surface area contributed by atoms with Gasteiger partial charge >= 0.3 is 6.03 Å². The maximum absolute atomic E-state index is 13.9. The number of carbonyl (C=O) groups is 2. The highest BCUT2D eigenvalue weighted by molar-refractivity contribution is 7.92. The molecule has 4 rings (SSSR count). The maximum atomic E-state index is 13.9. The third-order valence-corrected chi connectivity index (χ3v) is 8.12. The molecule has 1 aromatic heterocycles. The van der Waals surface area contributed by atoms with Crippen LogP contribution in [0.25, 0.3) is 0 Å². The SMILES string of the molecule is CCCCC1CC(NC(=O)Nc2cc(C(N)=O)c(F)cc2Cl)CCN1Cc1ccc(Oc2ccc(NS(C)(=O)=O)cc2)nc1. The summed E-state index contributed by atoms with van der Waals surface area (Å²) in [6, 6.07) is 12.0. The van der Waals surface area contributed by atoms with E-state index in [1.807, 2.05) is 6.07 Å². The number of hydrogen-bond acceptors (Lipinski definition) is 7. The van der Waals surface area contributed by atoms with Gasteiger partial charge in [0.1, 0.15) is 11.6 Å². The fraction of sp³-hybridized carbons (Fsp3) is 0.367. The van der Waals surface area contributed by atoms with E-state index in [1.54, 1.807) is 36.5 Å². The molecule has 2 aromatic carbocycles. The first-order valence-corrected chi connectivity index (χ1v) is 16.5. The van der Waals surface area contributed by atoms with Gasteiger partial charge in [-0.05, 0) is 61.2 Å². The fourth-order valence-corrected chi connectivity index (χ4v) is 5.84. The maximum Gasteiger partial charge on any atom is 0.319 e. The Kier molecular flexibility index (Phi) is 11.0. The topological polar surface area (TPSA) is 156 Å². The smallest absolute Gasteiger partial charge is 0.319 e. The average molecular weight is 647 g/mol. The summed E-state index contributed by atoms with van der Waals surface area (Å²) in [4.78, 5) is 31.1. The number of pyridine rings is 1. The molecule has 5 N–H and O–H groups in total. The number of unbranched alkanes of at least 4 members (excludes halogenated alkanes) is 1. The van der Waals surface area contributed by atoms with E-state index < -0.39 is 27.8 Å². The molecule has 0 bridgehead atoms. The Bertz CT molecular complexity index is 1570. The molecule has 0 aliphatic carbocycles. The Morgan fingerprint density at radius 1 is 1.18 bits per heavy atom. The first-order valence-electron chi connectivity index (χ1n) is 14.2. The van der Waals surface area contributed by atoms with Gasteiger partial charge in [0.05, 0.1) is 22.5 Å². The van der Waals surface area contributed by atoms with Gasteiger partial charge in [0.15, 0.2) is 0 Å². The van der Waals surface area contributed by atoms with E-state index in [2.05, 4.69) is 32.2 Å². The molecule has 2 atom stereocenters. The van der Waals surface area contributed by atoms with Crippen LogP contribution in [0.4, 0.5) is 20.6 Å². The van der Waals surface area contributed by atoms with Gasteiger partial charge in [-0.1, -0.05) is 37.4 Å². The number of halogens is 2. The number of benzene rings is 2. The molecule has 236 valence electrons. The van der Waals surface area contributed by atoms with Crippen molar-refractivity contribution in [3.8, 4) is 11.6 Å². The number of carbonyl (C=O) groups excluding carboxylic acids is 2. The highest BCUT2D eigenvalue weighted by Gasteiger charge is 2.29. The van der Waals surface area contributed by atoms with E-state index in [0.717, 1.165) is 62.6 Å². The highest BCUT2D eigenvalue weighted by atomic mass is 35.5. The van der Waals surface area contributed by atoms with Crippen LogP contribution in [-0.2, 0) is 16.6 Å². The molecule has 44 heavy (non-hydrogen) atoms. The molecule has 1 fully saturated rings. The summed E-state index contributed by atoms with van der Waals surface area (Å²) in [6.07, 6.45) is 7.40. The van der Waals surface area contributed by atoms with Crippen molar-refractivity contribution in [2.75, 3.05) is 22.8 Å². The summed E-state index contributed by atoms with van der Waals surface area (Å²) in [5.74, 6) is -0.869. The lowest BCUT2D eigenvalue weighted by Gasteiger charge is -2.40. The summed E-state index contributed by atoms with van der Waals surface area (Å²) in [6.45, 7) is 3.59. The van der Waals surface area contributed by atoms with Crippen molar-refractivity contribution < 1.29 is 27.1 Å². The number of nitrogens with two attached hydrogens (primary N) is 1. The Balaban J connectivity index is 1.33. The van der Waals surface area contributed by atoms with Crippen molar-refractivity contribution in [2.45, 2.75) is 57.7 Å². The number of piperidine rings is 1. The number of nitrogens with one attached hydrogen (secondary N) is 3. The zero-order chi connectivity index (χ0) is 31.9. The average Bonchev–Trinajstić information content (AvgIpc) is 2.95. The number of aromatic nitrogens is 1. The van der Waals surface area contributed by atoms with Crippen LogP contribution in [0.15, 0.2) is 54.7 Å². The van der Waals surface area contributed by atoms with Crippen LogP contribution in [-0.4, -0.2) is 55.1 Å². The van der Waals surface area contributed by atoms with E-state index in [4.69, 9.17) is 22.1 Å². The van der Waals surface area contributed by atoms with Crippen molar-refractivity contribution in [1.82, 2.24) is 15.2 Å². The van der Waals surface area contributed by atoms with Crippen LogP contribution < -0.4 is 25.8 Å². The van der Waals surface area contributed by atoms with E-state index >= 15 is 0 Å². The van der Waals surface area contributed by atoms with Gasteiger partial charge in [-0.15, -0.1) is 0 Å². The third kappa shape index (κ3) is 9.53. The number of hydrogen-bond donors (Lipinski definition) is 4. The summed E-state index contributed by atoms with van der Waals surface area (Å²) >= 11 is 6.07. The quantitative estimate of drug-likeness (QED) is 0.203. The molecule has 11 nitrogen and oxygen atoms in total. The zero-order valence-electron chi connectivity index (χ0n) is 24.5. The molecule has 0 spiro atoms. The lowest BCUT2D eigenvalue weighted by molar-refractivity contribution is 0.0996. The predicted molar refractivity (Wildman–Crippen MR) is 168 cm³/mol. The number of amides is 3. The molecule has 2 heterocycles. The van der Waals surface area contributed by atoms with Crippen LogP contribution in [0.2, 0.25) is 5.02 Å². The number of urea groups is 1. The second kappa shape index (κ2) is 14.7. The zero-order valence-corrected chi connectivity index (χ0v) is 26.1. The van der Waals surface area contributed by atoms with Gasteiger partial charge < -0.3 is 21.1 Å². The Morgan fingerprint density at radius 3 is 2.57 bits per heavy atom. The molecule has 1 aliphatic rings. The van der Waals surface area contributed by atoms with E-state index in [9.17, 15) is 22.4 Å². The minimum Gasteiger partial charge on any atom is -0.439 e. The predicted octanol–water partition coefficient (Wildman–Crippen LogP) is 5.48. The van der Waals surface area contributed by atoms with Gasteiger partial charge in [-0.25, -0.2) is 22.6 Å². The molecule has 14 heteroatoms. The molecular formula is C30H36ClFN6O5S. The molecule has 1 aliphatic heterocycles. The summed E-state index contributed by atoms with van der Waals surface area (Å²) < 4.78 is 44.9. The lowest BCUT2D eigenvalue weighted by atomic mass is 9.93. The van der Waals surface area contributed by atoms with Gasteiger partial charge in [0, 0.05) is 43.1 Å². The molecule has 1 saturated heterocycles. The molecule has 0 saturated carbocycles. The number of sulfonamides is 1. The largest absolute Gasteiger partial charge is 0.439 e. The molecule has 3 amide bonds. The monoisotopic (exact) mass is 646 g/mol. The lowest BCUT2D eigenvalue weighted by Crippen LogP contribution is -2.50. The van der Waals surface area contributed by atoms with Crippen molar-refractivity contribution in [3.05, 3.63) is 76.7 Å². The van der Waals surface area contributed by atoms with E-state index in [1.165, 1.54) is 0 Å². The molecular weight excluding hydrogens is 611 g/mol. The second-order valence-electron chi connectivity index (χ2n) is 10.8. The standard InChI is InChI=1S/C30H36ClFN6O5S/c1-3-4-5-22-14-21(35-30(40)36-27-15-24(29(33)39)26(32)16-25(27)31)12-13-38(22)18-19-6-11-28(34-17-19)43-23-9-7-20(8-10-23)37-44(2,41)42/h6-11,15-17,21-22,37H,3-5,12-14,18H2,1-2H3,(H2,33,39)(H2,35,36,40).